The number of nitrogens with zero attached hydrogens (tertiary/aromatic N) is 5. The summed E-state index contributed by atoms with van der Waals surface area (Å²) in [5.41, 5.74) is 10.7. The van der Waals surface area contributed by atoms with E-state index in [-0.39, 0.29) is 11.8 Å². The summed E-state index contributed by atoms with van der Waals surface area (Å²) in [6, 6.07) is 10.6. The van der Waals surface area contributed by atoms with Crippen LogP contribution in [0.4, 0.5) is 0 Å². The maximum atomic E-state index is 9.95. The molecule has 0 amide bonds. The second kappa shape index (κ2) is 7.62. The highest BCUT2D eigenvalue weighted by atomic mass is 16.5. The molecule has 1 saturated carbocycles. The number of aromatic nitrogens is 4. The number of hydrogen-bond donors (Lipinski definition) is 1. The van der Waals surface area contributed by atoms with Crippen LogP contribution >= 0.6 is 0 Å². The molecular formula is C24H26N6O. The van der Waals surface area contributed by atoms with Crippen LogP contribution in [0.5, 0.6) is 5.88 Å². The van der Waals surface area contributed by atoms with Crippen molar-refractivity contribution in [2.45, 2.75) is 50.9 Å². The Morgan fingerprint density at radius 1 is 1.23 bits per heavy atom. The molecule has 5 rings (SSSR count). The fourth-order valence-electron chi connectivity index (χ4n) is 5.00. The SMILES string of the molecule is CCc1nccn1-c1ccc(C2C(C#N)=C(N)Oc3c2c(C2CCCC2)nn3C)cc1. The van der Waals surface area contributed by atoms with Crippen LogP contribution in [0.1, 0.15) is 67.1 Å². The summed E-state index contributed by atoms with van der Waals surface area (Å²) in [5, 5.41) is 14.8. The smallest absolute Gasteiger partial charge is 0.224 e. The van der Waals surface area contributed by atoms with Crippen LogP contribution in [0.15, 0.2) is 48.1 Å². The first-order valence-corrected chi connectivity index (χ1v) is 10.9. The Labute approximate surface area is 181 Å². The van der Waals surface area contributed by atoms with Gasteiger partial charge in [0.1, 0.15) is 17.5 Å². The monoisotopic (exact) mass is 414 g/mol. The highest BCUT2D eigenvalue weighted by Crippen LogP contribution is 2.48. The Kier molecular flexibility index (Phi) is 4.78. The van der Waals surface area contributed by atoms with Crippen molar-refractivity contribution in [1.29, 1.82) is 5.26 Å². The van der Waals surface area contributed by atoms with Crippen LogP contribution in [0.2, 0.25) is 0 Å². The molecule has 31 heavy (non-hydrogen) atoms. The molecule has 0 spiro atoms. The molecule has 1 atom stereocenters. The van der Waals surface area contributed by atoms with Gasteiger partial charge >= 0.3 is 0 Å². The van der Waals surface area contributed by atoms with E-state index in [0.29, 0.717) is 17.4 Å². The number of ether oxygens (including phenoxy) is 1. The number of aryl methyl sites for hydroxylation is 2. The van der Waals surface area contributed by atoms with Gasteiger partial charge in [0, 0.05) is 37.5 Å². The van der Waals surface area contributed by atoms with Crippen LogP contribution in [0.3, 0.4) is 0 Å². The first kappa shape index (κ1) is 19.4. The van der Waals surface area contributed by atoms with Gasteiger partial charge in [-0.1, -0.05) is 31.9 Å². The standard InChI is InChI=1S/C24H26N6O/c1-3-19-27-12-13-30(19)17-10-8-15(9-11-17)20-18(14-25)23(26)31-24-21(20)22(28-29(24)2)16-6-4-5-7-16/h8-13,16,20H,3-7,26H2,1-2H3. The van der Waals surface area contributed by atoms with Crippen molar-refractivity contribution in [3.05, 3.63) is 70.8 Å². The molecule has 0 radical (unpaired) electrons. The summed E-state index contributed by atoms with van der Waals surface area (Å²) in [6.45, 7) is 2.09. The van der Waals surface area contributed by atoms with Crippen LogP contribution in [-0.4, -0.2) is 19.3 Å². The molecule has 7 nitrogen and oxygen atoms in total. The van der Waals surface area contributed by atoms with Gasteiger partial charge in [-0.15, -0.1) is 0 Å². The van der Waals surface area contributed by atoms with Gasteiger partial charge in [-0.05, 0) is 30.5 Å². The van der Waals surface area contributed by atoms with Gasteiger partial charge in [0.15, 0.2) is 0 Å². The minimum atomic E-state index is -0.277. The first-order chi connectivity index (χ1) is 15.1. The Morgan fingerprint density at radius 3 is 2.65 bits per heavy atom. The average Bonchev–Trinajstić information content (AvgIpc) is 3.53. The first-order valence-electron chi connectivity index (χ1n) is 10.9. The van der Waals surface area contributed by atoms with Crippen molar-refractivity contribution in [3.8, 4) is 17.6 Å². The lowest BCUT2D eigenvalue weighted by Crippen LogP contribution is -2.22. The Bertz CT molecular complexity index is 1190. The summed E-state index contributed by atoms with van der Waals surface area (Å²) in [5.74, 6) is 1.94. The summed E-state index contributed by atoms with van der Waals surface area (Å²) in [4.78, 5) is 4.42. The second-order valence-corrected chi connectivity index (χ2v) is 8.29. The van der Waals surface area contributed by atoms with Gasteiger partial charge in [-0.25, -0.2) is 9.67 Å². The number of nitriles is 1. The summed E-state index contributed by atoms with van der Waals surface area (Å²) in [7, 11) is 1.88. The van der Waals surface area contributed by atoms with Gasteiger partial charge in [-0.2, -0.15) is 10.4 Å². The third kappa shape index (κ3) is 3.10. The molecule has 1 unspecified atom stereocenters. The van der Waals surface area contributed by atoms with Crippen LogP contribution < -0.4 is 10.5 Å². The van der Waals surface area contributed by atoms with E-state index in [9.17, 15) is 5.26 Å². The lowest BCUT2D eigenvalue weighted by atomic mass is 9.81. The number of rotatable bonds is 4. The van der Waals surface area contributed by atoms with Gasteiger partial charge in [0.2, 0.25) is 11.8 Å². The maximum Gasteiger partial charge on any atom is 0.224 e. The van der Waals surface area contributed by atoms with Crippen LogP contribution in [0.25, 0.3) is 5.69 Å². The van der Waals surface area contributed by atoms with Crippen molar-refractivity contribution in [1.82, 2.24) is 19.3 Å². The van der Waals surface area contributed by atoms with Crippen molar-refractivity contribution in [2.75, 3.05) is 0 Å². The molecule has 2 aliphatic rings. The Morgan fingerprint density at radius 2 is 1.97 bits per heavy atom. The lowest BCUT2D eigenvalue weighted by molar-refractivity contribution is 0.358. The number of benzene rings is 1. The third-order valence-corrected chi connectivity index (χ3v) is 6.51. The fourth-order valence-corrected chi connectivity index (χ4v) is 5.00. The summed E-state index contributed by atoms with van der Waals surface area (Å²) < 4.78 is 9.75. The molecule has 0 saturated heterocycles. The van der Waals surface area contributed by atoms with E-state index in [4.69, 9.17) is 15.6 Å². The van der Waals surface area contributed by atoms with Crippen molar-refractivity contribution < 1.29 is 4.74 Å². The van der Waals surface area contributed by atoms with Gasteiger partial charge in [-0.3, -0.25) is 0 Å². The molecule has 158 valence electrons. The summed E-state index contributed by atoms with van der Waals surface area (Å²) in [6.07, 6.45) is 9.31. The maximum absolute atomic E-state index is 9.95. The zero-order valence-electron chi connectivity index (χ0n) is 17.9. The number of imidazole rings is 1. The largest absolute Gasteiger partial charge is 0.422 e. The highest BCUT2D eigenvalue weighted by molar-refractivity contribution is 5.57. The predicted molar refractivity (Wildman–Crippen MR) is 117 cm³/mol. The Hall–Kier alpha value is -3.53. The van der Waals surface area contributed by atoms with E-state index in [2.05, 4.69) is 46.8 Å². The lowest BCUT2D eigenvalue weighted by Gasteiger charge is -2.26. The normalized spacial score (nSPS) is 18.7. The molecule has 0 bridgehead atoms. The molecular weight excluding hydrogens is 388 g/mol. The van der Waals surface area contributed by atoms with Crippen LogP contribution in [0, 0.1) is 11.3 Å². The summed E-state index contributed by atoms with van der Waals surface area (Å²) >= 11 is 0. The van der Waals surface area contributed by atoms with Gasteiger partial charge in [0.05, 0.1) is 17.2 Å². The second-order valence-electron chi connectivity index (χ2n) is 8.29. The number of nitrogens with two attached hydrogens (primary N) is 1. The van der Waals surface area contributed by atoms with E-state index in [1.165, 1.54) is 12.8 Å². The third-order valence-electron chi connectivity index (χ3n) is 6.51. The molecule has 1 aliphatic heterocycles. The minimum absolute atomic E-state index is 0.160. The van der Waals surface area contributed by atoms with Crippen LogP contribution in [-0.2, 0) is 13.5 Å². The quantitative estimate of drug-likeness (QED) is 0.695. The number of fused-ring (bicyclic) bond motifs is 1. The molecule has 1 fully saturated rings. The number of allylic oxidation sites excluding steroid dienone is 1. The molecule has 3 heterocycles. The Balaban J connectivity index is 1.62. The molecule has 3 aromatic rings. The van der Waals surface area contributed by atoms with Crippen molar-refractivity contribution in [2.24, 2.45) is 12.8 Å². The van der Waals surface area contributed by atoms with E-state index in [1.807, 2.05) is 19.4 Å². The zero-order chi connectivity index (χ0) is 21.5. The van der Waals surface area contributed by atoms with E-state index < -0.39 is 0 Å². The van der Waals surface area contributed by atoms with Gasteiger partial charge in [0.25, 0.3) is 0 Å². The topological polar surface area (TPSA) is 94.7 Å². The predicted octanol–water partition coefficient (Wildman–Crippen LogP) is 4.04. The molecule has 1 aliphatic carbocycles. The van der Waals surface area contributed by atoms with E-state index in [0.717, 1.165) is 47.6 Å². The molecule has 1 aromatic carbocycles. The molecule has 7 heteroatoms. The van der Waals surface area contributed by atoms with E-state index in [1.54, 1.807) is 4.68 Å². The van der Waals surface area contributed by atoms with Crippen molar-refractivity contribution >= 4 is 0 Å². The average molecular weight is 415 g/mol. The zero-order valence-corrected chi connectivity index (χ0v) is 17.9. The fraction of sp³-hybridized carbons (Fsp3) is 0.375. The molecule has 2 N–H and O–H groups in total. The molecule has 2 aromatic heterocycles. The van der Waals surface area contributed by atoms with E-state index >= 15 is 0 Å². The minimum Gasteiger partial charge on any atom is -0.422 e. The number of hydrogen-bond acceptors (Lipinski definition) is 5. The van der Waals surface area contributed by atoms with Gasteiger partial charge < -0.3 is 15.0 Å². The van der Waals surface area contributed by atoms with Crippen molar-refractivity contribution in [3.63, 3.8) is 0 Å². The highest BCUT2D eigenvalue weighted by Gasteiger charge is 2.38.